The molecule has 1 aliphatic heterocycles. The van der Waals surface area contributed by atoms with Crippen LogP contribution in [0.5, 0.6) is 0 Å². The molecule has 8 heteroatoms. The fourth-order valence-corrected chi connectivity index (χ4v) is 4.24. The second kappa shape index (κ2) is 8.42. The van der Waals surface area contributed by atoms with Crippen LogP contribution in [-0.2, 0) is 14.4 Å². The first-order valence-electron chi connectivity index (χ1n) is 8.86. The Hall–Kier alpha value is -1.96. The molecule has 2 heterocycles. The van der Waals surface area contributed by atoms with Crippen LogP contribution >= 0.6 is 11.3 Å². The molecular weight excluding hydrogens is 340 g/mol. The Morgan fingerprint density at radius 2 is 2.16 bits per heavy atom. The first-order chi connectivity index (χ1) is 12.2. The number of amides is 3. The molecule has 1 atom stereocenters. The highest BCUT2D eigenvalue weighted by Gasteiger charge is 2.35. The van der Waals surface area contributed by atoms with Crippen LogP contribution in [0.15, 0.2) is 11.6 Å². The van der Waals surface area contributed by atoms with E-state index in [0.717, 1.165) is 12.8 Å². The van der Waals surface area contributed by atoms with Crippen molar-refractivity contribution in [3.63, 3.8) is 0 Å². The van der Waals surface area contributed by atoms with Gasteiger partial charge in [0.25, 0.3) is 0 Å². The van der Waals surface area contributed by atoms with Gasteiger partial charge in [0.2, 0.25) is 18.2 Å². The zero-order valence-corrected chi connectivity index (χ0v) is 15.0. The lowest BCUT2D eigenvalue weighted by molar-refractivity contribution is -0.146. The molecule has 2 fully saturated rings. The van der Waals surface area contributed by atoms with Crippen LogP contribution in [-0.4, -0.2) is 58.7 Å². The summed E-state index contributed by atoms with van der Waals surface area (Å²) in [6, 6.07) is -0.492. The number of carbonyl (C=O) groups is 3. The van der Waals surface area contributed by atoms with Crippen molar-refractivity contribution in [1.82, 2.24) is 14.8 Å². The van der Waals surface area contributed by atoms with Crippen LogP contribution in [0.4, 0.5) is 5.13 Å². The molecule has 1 aromatic heterocycles. The quantitative estimate of drug-likeness (QED) is 0.779. The van der Waals surface area contributed by atoms with Crippen molar-refractivity contribution < 1.29 is 14.4 Å². The first kappa shape index (κ1) is 17.8. The van der Waals surface area contributed by atoms with E-state index < -0.39 is 6.04 Å². The van der Waals surface area contributed by atoms with Gasteiger partial charge in [0, 0.05) is 24.7 Å². The predicted molar refractivity (Wildman–Crippen MR) is 95.1 cm³/mol. The lowest BCUT2D eigenvalue weighted by Crippen LogP contribution is -2.57. The third kappa shape index (κ3) is 4.56. The average molecular weight is 364 g/mol. The maximum absolute atomic E-state index is 12.9. The first-order valence-corrected chi connectivity index (χ1v) is 9.74. The van der Waals surface area contributed by atoms with E-state index in [9.17, 15) is 14.4 Å². The molecule has 0 bridgehead atoms. The zero-order valence-electron chi connectivity index (χ0n) is 14.2. The third-order valence-corrected chi connectivity index (χ3v) is 5.75. The maximum Gasteiger partial charge on any atom is 0.248 e. The number of hydrogen-bond acceptors (Lipinski definition) is 5. The summed E-state index contributed by atoms with van der Waals surface area (Å²) >= 11 is 1.37. The minimum atomic E-state index is -0.492. The topological polar surface area (TPSA) is 82.6 Å². The van der Waals surface area contributed by atoms with E-state index in [0.29, 0.717) is 37.0 Å². The summed E-state index contributed by atoms with van der Waals surface area (Å²) in [6.45, 7) is 0.927. The Balaban J connectivity index is 1.72. The highest BCUT2D eigenvalue weighted by atomic mass is 32.1. The maximum atomic E-state index is 12.9. The molecule has 2 aliphatic rings. The number of carbonyl (C=O) groups excluding carboxylic acids is 3. The predicted octanol–water partition coefficient (Wildman–Crippen LogP) is 1.72. The van der Waals surface area contributed by atoms with Crippen molar-refractivity contribution in [2.45, 2.75) is 44.6 Å². The van der Waals surface area contributed by atoms with Crippen molar-refractivity contribution >= 4 is 34.7 Å². The van der Waals surface area contributed by atoms with Crippen LogP contribution < -0.4 is 5.32 Å². The molecule has 7 nitrogen and oxygen atoms in total. The zero-order chi connectivity index (χ0) is 17.6. The van der Waals surface area contributed by atoms with E-state index in [1.54, 1.807) is 16.5 Å². The highest BCUT2D eigenvalue weighted by Crippen LogP contribution is 2.29. The molecule has 1 aliphatic carbocycles. The fourth-order valence-electron chi connectivity index (χ4n) is 3.71. The van der Waals surface area contributed by atoms with E-state index in [2.05, 4.69) is 10.3 Å². The highest BCUT2D eigenvalue weighted by molar-refractivity contribution is 7.13. The van der Waals surface area contributed by atoms with E-state index in [4.69, 9.17) is 0 Å². The molecule has 1 aromatic rings. The molecule has 3 rings (SSSR count). The molecule has 0 aromatic carbocycles. The Bertz CT molecular complexity index is 601. The van der Waals surface area contributed by atoms with Crippen LogP contribution in [0, 0.1) is 5.92 Å². The molecule has 136 valence electrons. The van der Waals surface area contributed by atoms with Gasteiger partial charge in [-0.1, -0.05) is 32.1 Å². The Kier molecular flexibility index (Phi) is 6.01. The number of hydrogen-bond donors (Lipinski definition) is 1. The summed E-state index contributed by atoms with van der Waals surface area (Å²) in [4.78, 5) is 43.5. The number of nitrogens with zero attached hydrogens (tertiary/aromatic N) is 3. The number of anilines is 1. The lowest BCUT2D eigenvalue weighted by Gasteiger charge is -2.38. The summed E-state index contributed by atoms with van der Waals surface area (Å²) in [6.07, 6.45) is 8.89. The van der Waals surface area contributed by atoms with Gasteiger partial charge in [-0.2, -0.15) is 0 Å². The summed E-state index contributed by atoms with van der Waals surface area (Å²) in [5.74, 6) is 0.138. The standard InChI is InChI=1S/C17H24N4O3S/c22-12-20-7-8-21(15(23)11-20)14(10-13-4-2-1-3-5-13)16(24)19-17-18-6-9-25-17/h6,9,12-14H,1-5,7-8,10-11H2,(H,18,19,24)/t14-/m0/s1. The van der Waals surface area contributed by atoms with Gasteiger partial charge in [0.1, 0.15) is 6.04 Å². The Labute approximate surface area is 151 Å². The molecule has 0 spiro atoms. The largest absolute Gasteiger partial charge is 0.334 e. The molecule has 1 N–H and O–H groups in total. The smallest absolute Gasteiger partial charge is 0.248 e. The second-order valence-corrected chi connectivity index (χ2v) is 7.64. The van der Waals surface area contributed by atoms with Gasteiger partial charge in [-0.15, -0.1) is 11.3 Å². The van der Waals surface area contributed by atoms with Crippen LogP contribution in [0.1, 0.15) is 38.5 Å². The molecule has 1 saturated heterocycles. The Morgan fingerprint density at radius 1 is 1.36 bits per heavy atom. The van der Waals surface area contributed by atoms with Gasteiger partial charge >= 0.3 is 0 Å². The summed E-state index contributed by atoms with van der Waals surface area (Å²) in [5.41, 5.74) is 0. The van der Waals surface area contributed by atoms with Gasteiger partial charge in [0.15, 0.2) is 5.13 Å². The molecule has 0 radical (unpaired) electrons. The van der Waals surface area contributed by atoms with Crippen LogP contribution in [0.25, 0.3) is 0 Å². The number of rotatable bonds is 6. The summed E-state index contributed by atoms with van der Waals surface area (Å²) < 4.78 is 0. The number of aromatic nitrogens is 1. The molecular formula is C17H24N4O3S. The Morgan fingerprint density at radius 3 is 2.80 bits per heavy atom. The second-order valence-electron chi connectivity index (χ2n) is 6.75. The van der Waals surface area contributed by atoms with Gasteiger partial charge in [-0.05, 0) is 12.3 Å². The minimum absolute atomic E-state index is 0.0508. The minimum Gasteiger partial charge on any atom is -0.334 e. The average Bonchev–Trinajstić information content (AvgIpc) is 3.13. The van der Waals surface area contributed by atoms with Crippen LogP contribution in [0.2, 0.25) is 0 Å². The SMILES string of the molecule is O=CN1CCN([C@@H](CC2CCCCC2)C(=O)Nc2nccs2)C(=O)C1. The number of nitrogens with one attached hydrogen (secondary N) is 1. The van der Waals surface area contributed by atoms with E-state index in [1.807, 2.05) is 0 Å². The van der Waals surface area contributed by atoms with E-state index >= 15 is 0 Å². The normalized spacial score (nSPS) is 20.4. The van der Waals surface area contributed by atoms with Crippen molar-refractivity contribution in [2.24, 2.45) is 5.92 Å². The van der Waals surface area contributed by atoms with Crippen molar-refractivity contribution in [1.29, 1.82) is 0 Å². The van der Waals surface area contributed by atoms with Crippen LogP contribution in [0.3, 0.4) is 0 Å². The van der Waals surface area contributed by atoms with Crippen molar-refractivity contribution in [3.05, 3.63) is 11.6 Å². The van der Waals surface area contributed by atoms with Gasteiger partial charge in [-0.25, -0.2) is 4.98 Å². The van der Waals surface area contributed by atoms with Gasteiger partial charge in [0.05, 0.1) is 6.54 Å². The van der Waals surface area contributed by atoms with Crippen molar-refractivity contribution in [3.8, 4) is 0 Å². The number of thiazole rings is 1. The third-order valence-electron chi connectivity index (χ3n) is 5.06. The molecule has 3 amide bonds. The number of piperazine rings is 1. The summed E-state index contributed by atoms with van der Waals surface area (Å²) in [7, 11) is 0. The van der Waals surface area contributed by atoms with E-state index in [1.165, 1.54) is 35.5 Å². The fraction of sp³-hybridized carbons (Fsp3) is 0.647. The molecule has 1 saturated carbocycles. The lowest BCUT2D eigenvalue weighted by atomic mass is 9.84. The van der Waals surface area contributed by atoms with Gasteiger partial charge in [-0.3, -0.25) is 14.4 Å². The monoisotopic (exact) mass is 364 g/mol. The van der Waals surface area contributed by atoms with Gasteiger partial charge < -0.3 is 15.1 Å². The van der Waals surface area contributed by atoms with E-state index in [-0.39, 0.29) is 18.4 Å². The summed E-state index contributed by atoms with van der Waals surface area (Å²) in [5, 5.41) is 5.20. The molecule has 25 heavy (non-hydrogen) atoms. The van der Waals surface area contributed by atoms with Crippen molar-refractivity contribution in [2.75, 3.05) is 25.0 Å². The molecule has 0 unspecified atom stereocenters.